The van der Waals surface area contributed by atoms with Gasteiger partial charge in [0.1, 0.15) is 0 Å². The molecule has 0 N–H and O–H groups in total. The van der Waals surface area contributed by atoms with E-state index in [2.05, 4.69) is 30.9 Å². The lowest BCUT2D eigenvalue weighted by Gasteiger charge is -2.15. The molecule has 3 rings (SSSR count). The molecule has 0 radical (unpaired) electrons. The number of hydrogen-bond acceptors (Lipinski definition) is 4. The Labute approximate surface area is 130 Å². The highest BCUT2D eigenvalue weighted by Gasteiger charge is 2.34. The maximum atomic E-state index is 12.2. The minimum Gasteiger partial charge on any atom is -0.339 e. The molecule has 2 heterocycles. The molecule has 22 heavy (non-hydrogen) atoms. The zero-order valence-corrected chi connectivity index (χ0v) is 13.2. The largest absolute Gasteiger partial charge is 0.339 e. The van der Waals surface area contributed by atoms with Gasteiger partial charge in [-0.15, -0.1) is 0 Å². The molecule has 1 aromatic carbocycles. The number of carbonyl (C=O) groups is 1. The van der Waals surface area contributed by atoms with E-state index in [4.69, 9.17) is 4.52 Å². The fourth-order valence-electron chi connectivity index (χ4n) is 2.70. The third-order valence-electron chi connectivity index (χ3n) is 3.72. The summed E-state index contributed by atoms with van der Waals surface area (Å²) in [6.45, 7) is 7.00. The molecule has 5 heteroatoms. The van der Waals surface area contributed by atoms with E-state index < -0.39 is 0 Å². The highest BCUT2D eigenvalue weighted by atomic mass is 16.5. The maximum absolute atomic E-state index is 12.2. The van der Waals surface area contributed by atoms with Gasteiger partial charge in [0.05, 0.1) is 0 Å². The van der Waals surface area contributed by atoms with E-state index in [9.17, 15) is 4.79 Å². The molecule has 0 bridgehead atoms. The van der Waals surface area contributed by atoms with Gasteiger partial charge < -0.3 is 9.42 Å². The highest BCUT2D eigenvalue weighted by Crippen LogP contribution is 2.30. The molecular formula is C17H21N3O2. The predicted octanol–water partition coefficient (Wildman–Crippen LogP) is 3.18. The smallest absolute Gasteiger partial charge is 0.227 e. The molecule has 1 aliphatic heterocycles. The van der Waals surface area contributed by atoms with E-state index in [-0.39, 0.29) is 17.2 Å². The number of carbonyl (C=O) groups excluding carboxylic acids is 1. The summed E-state index contributed by atoms with van der Waals surface area (Å²) < 4.78 is 5.34. The molecule has 0 aliphatic carbocycles. The summed E-state index contributed by atoms with van der Waals surface area (Å²) in [5, 5.41) is 4.08. The third kappa shape index (κ3) is 3.18. The standard InChI is InChI=1S/C17H21N3O2/c1-17(2,3)10-14-18-16(19-22-14)12-9-15(21)20(11-12)13-7-5-4-6-8-13/h4-8,12H,9-11H2,1-3H3/t12-/m1/s1. The van der Waals surface area contributed by atoms with Gasteiger partial charge in [0.2, 0.25) is 11.8 Å². The summed E-state index contributed by atoms with van der Waals surface area (Å²) in [6, 6.07) is 9.71. The Bertz CT molecular complexity index is 658. The summed E-state index contributed by atoms with van der Waals surface area (Å²) in [5.41, 5.74) is 1.03. The molecule has 1 aliphatic rings. The lowest BCUT2D eigenvalue weighted by atomic mass is 9.92. The van der Waals surface area contributed by atoms with E-state index in [1.165, 1.54) is 0 Å². The molecule has 1 saturated heterocycles. The van der Waals surface area contributed by atoms with Crippen LogP contribution in [-0.2, 0) is 11.2 Å². The Hall–Kier alpha value is -2.17. The molecular weight excluding hydrogens is 278 g/mol. The van der Waals surface area contributed by atoms with Gasteiger partial charge in [-0.3, -0.25) is 4.79 Å². The summed E-state index contributed by atoms with van der Waals surface area (Å²) in [7, 11) is 0. The lowest BCUT2D eigenvalue weighted by molar-refractivity contribution is -0.117. The highest BCUT2D eigenvalue weighted by molar-refractivity contribution is 5.96. The van der Waals surface area contributed by atoms with Crippen LogP contribution >= 0.6 is 0 Å². The van der Waals surface area contributed by atoms with Crippen LogP contribution < -0.4 is 4.90 Å². The molecule has 2 aromatic rings. The van der Waals surface area contributed by atoms with Crippen LogP contribution in [0.15, 0.2) is 34.9 Å². The van der Waals surface area contributed by atoms with Crippen LogP contribution in [-0.4, -0.2) is 22.6 Å². The van der Waals surface area contributed by atoms with E-state index in [1.54, 1.807) is 4.90 Å². The zero-order valence-electron chi connectivity index (χ0n) is 13.2. The summed E-state index contributed by atoms with van der Waals surface area (Å²) >= 11 is 0. The van der Waals surface area contributed by atoms with Crippen molar-refractivity contribution >= 4 is 11.6 Å². The van der Waals surface area contributed by atoms with E-state index in [0.717, 1.165) is 12.1 Å². The quantitative estimate of drug-likeness (QED) is 0.873. The van der Waals surface area contributed by atoms with Gasteiger partial charge in [0, 0.05) is 31.0 Å². The van der Waals surface area contributed by atoms with Crippen molar-refractivity contribution in [2.45, 2.75) is 39.5 Å². The normalized spacial score (nSPS) is 19.0. The van der Waals surface area contributed by atoms with Gasteiger partial charge >= 0.3 is 0 Å². The molecule has 1 aromatic heterocycles. The average Bonchev–Trinajstić information content (AvgIpc) is 3.04. The van der Waals surface area contributed by atoms with Crippen LogP contribution in [0.5, 0.6) is 0 Å². The van der Waals surface area contributed by atoms with Crippen LogP contribution in [0.2, 0.25) is 0 Å². The molecule has 116 valence electrons. The number of amides is 1. The first-order valence-electron chi connectivity index (χ1n) is 7.60. The first-order chi connectivity index (χ1) is 10.4. The number of aromatic nitrogens is 2. The molecule has 1 atom stereocenters. The topological polar surface area (TPSA) is 59.2 Å². The number of anilines is 1. The number of benzene rings is 1. The Morgan fingerprint density at radius 3 is 2.68 bits per heavy atom. The van der Waals surface area contributed by atoms with Crippen molar-refractivity contribution in [1.82, 2.24) is 10.1 Å². The van der Waals surface area contributed by atoms with Crippen LogP contribution in [0.3, 0.4) is 0 Å². The first kappa shape index (κ1) is 14.8. The number of hydrogen-bond donors (Lipinski definition) is 0. The molecule has 0 spiro atoms. The first-order valence-corrected chi connectivity index (χ1v) is 7.60. The van der Waals surface area contributed by atoms with Gasteiger partial charge in [-0.05, 0) is 17.5 Å². The van der Waals surface area contributed by atoms with Gasteiger partial charge in [0.15, 0.2) is 5.82 Å². The molecule has 0 saturated carbocycles. The second kappa shape index (κ2) is 5.55. The van der Waals surface area contributed by atoms with E-state index in [0.29, 0.717) is 24.7 Å². The van der Waals surface area contributed by atoms with Crippen molar-refractivity contribution < 1.29 is 9.32 Å². The van der Waals surface area contributed by atoms with E-state index >= 15 is 0 Å². The second-order valence-corrected chi connectivity index (χ2v) is 7.02. The van der Waals surface area contributed by atoms with E-state index in [1.807, 2.05) is 30.3 Å². The predicted molar refractivity (Wildman–Crippen MR) is 83.6 cm³/mol. The molecule has 5 nitrogen and oxygen atoms in total. The fourth-order valence-corrected chi connectivity index (χ4v) is 2.70. The Kier molecular flexibility index (Phi) is 3.72. The number of rotatable bonds is 3. The summed E-state index contributed by atoms with van der Waals surface area (Å²) in [6.07, 6.45) is 1.17. The monoisotopic (exact) mass is 299 g/mol. The zero-order chi connectivity index (χ0) is 15.7. The van der Waals surface area contributed by atoms with Gasteiger partial charge in [-0.2, -0.15) is 4.98 Å². The summed E-state index contributed by atoms with van der Waals surface area (Å²) in [5.74, 6) is 1.41. The minimum atomic E-state index is 0.00479. The third-order valence-corrected chi connectivity index (χ3v) is 3.72. The Morgan fingerprint density at radius 2 is 2.00 bits per heavy atom. The van der Waals surface area contributed by atoms with Crippen LogP contribution in [0, 0.1) is 5.41 Å². The second-order valence-electron chi connectivity index (χ2n) is 7.02. The average molecular weight is 299 g/mol. The van der Waals surface area contributed by atoms with Crippen LogP contribution in [0.4, 0.5) is 5.69 Å². The van der Waals surface area contributed by atoms with Crippen LogP contribution in [0.1, 0.15) is 44.8 Å². The van der Waals surface area contributed by atoms with Gasteiger partial charge in [-0.25, -0.2) is 0 Å². The molecule has 1 fully saturated rings. The van der Waals surface area contributed by atoms with Crippen molar-refractivity contribution in [3.8, 4) is 0 Å². The molecule has 1 amide bonds. The van der Waals surface area contributed by atoms with Gasteiger partial charge in [0.25, 0.3) is 0 Å². The van der Waals surface area contributed by atoms with Crippen LogP contribution in [0.25, 0.3) is 0 Å². The molecule has 0 unspecified atom stereocenters. The van der Waals surface area contributed by atoms with Crippen molar-refractivity contribution in [3.63, 3.8) is 0 Å². The van der Waals surface area contributed by atoms with Crippen molar-refractivity contribution in [3.05, 3.63) is 42.0 Å². The van der Waals surface area contributed by atoms with Gasteiger partial charge in [-0.1, -0.05) is 44.1 Å². The Balaban J connectivity index is 1.73. The lowest BCUT2D eigenvalue weighted by Crippen LogP contribution is -2.24. The van der Waals surface area contributed by atoms with Crippen molar-refractivity contribution in [2.75, 3.05) is 11.4 Å². The minimum absolute atomic E-state index is 0.00479. The fraction of sp³-hybridized carbons (Fsp3) is 0.471. The number of para-hydroxylation sites is 1. The Morgan fingerprint density at radius 1 is 1.27 bits per heavy atom. The van der Waals surface area contributed by atoms with Crippen molar-refractivity contribution in [1.29, 1.82) is 0 Å². The summed E-state index contributed by atoms with van der Waals surface area (Å²) in [4.78, 5) is 18.5. The van der Waals surface area contributed by atoms with Crippen molar-refractivity contribution in [2.24, 2.45) is 5.41 Å². The number of nitrogens with zero attached hydrogens (tertiary/aromatic N) is 3. The SMILES string of the molecule is CC(C)(C)Cc1nc([C@@H]2CC(=O)N(c3ccccc3)C2)no1. The maximum Gasteiger partial charge on any atom is 0.227 e.